The maximum Gasteiger partial charge on any atom is 0.274 e. The first-order valence-corrected chi connectivity index (χ1v) is 7.54. The fourth-order valence-electron chi connectivity index (χ4n) is 0.598. The zero-order valence-electron chi connectivity index (χ0n) is 6.90. The summed E-state index contributed by atoms with van der Waals surface area (Å²) in [6, 6.07) is 0. The molecule has 4 nitrogen and oxygen atoms in total. The Hall–Kier alpha value is 0.140. The second-order valence-corrected chi connectivity index (χ2v) is 8.20. The van der Waals surface area contributed by atoms with E-state index in [-0.39, 0.29) is 12.1 Å². The van der Waals surface area contributed by atoms with Crippen molar-refractivity contribution in [2.45, 2.75) is 6.92 Å². The summed E-state index contributed by atoms with van der Waals surface area (Å²) >= 11 is 0. The van der Waals surface area contributed by atoms with E-state index in [1.807, 2.05) is 0 Å². The van der Waals surface area contributed by atoms with E-state index < -0.39 is 17.3 Å². The predicted octanol–water partition coefficient (Wildman–Crippen LogP) is 0.933. The van der Waals surface area contributed by atoms with Crippen LogP contribution in [0.1, 0.15) is 6.92 Å². The molecule has 0 heterocycles. The zero-order chi connectivity index (χ0) is 9.12. The number of hydrogen-bond donors (Lipinski definition) is 0. The molecule has 0 saturated heterocycles. The van der Waals surface area contributed by atoms with Gasteiger partial charge in [-0.15, -0.1) is 0 Å². The predicted molar refractivity (Wildman–Crippen MR) is 44.9 cm³/mol. The van der Waals surface area contributed by atoms with Gasteiger partial charge in [0, 0.05) is 0 Å². The molecule has 11 heavy (non-hydrogen) atoms. The molecule has 0 aliphatic carbocycles. The van der Waals surface area contributed by atoms with Gasteiger partial charge in [-0.2, -0.15) is 8.42 Å². The van der Waals surface area contributed by atoms with E-state index in [1.54, 1.807) is 6.92 Å². The molecule has 0 radical (unpaired) electrons. The fourth-order valence-corrected chi connectivity index (χ4v) is 4.30. The van der Waals surface area contributed by atoms with E-state index in [4.69, 9.17) is 0 Å². The fraction of sp³-hybridized carbons (Fsp3) is 1.00. The smallest absolute Gasteiger partial charge is 0.274 e. The topological polar surface area (TPSA) is 60.4 Å². The Morgan fingerprint density at radius 3 is 2.09 bits per heavy atom. The molecule has 0 aromatic heterocycles. The third-order valence-electron chi connectivity index (χ3n) is 0.766. The lowest BCUT2D eigenvalue weighted by atomic mass is 10.9. The Labute approximate surface area is 67.4 Å². The molecule has 0 aliphatic heterocycles. The third-order valence-corrected chi connectivity index (χ3v) is 5.11. The lowest BCUT2D eigenvalue weighted by Crippen LogP contribution is -2.09. The molecule has 0 atom stereocenters. The largest absolute Gasteiger partial charge is 0.323 e. The van der Waals surface area contributed by atoms with Gasteiger partial charge in [0.2, 0.25) is 0 Å². The van der Waals surface area contributed by atoms with Gasteiger partial charge in [0.05, 0.1) is 13.7 Å². The van der Waals surface area contributed by atoms with E-state index in [0.29, 0.717) is 0 Å². The molecule has 0 bridgehead atoms. The van der Waals surface area contributed by atoms with Crippen LogP contribution in [0.4, 0.5) is 0 Å². The van der Waals surface area contributed by atoms with Crippen molar-refractivity contribution in [2.75, 3.05) is 25.4 Å². The summed E-state index contributed by atoms with van der Waals surface area (Å²) in [4.78, 5) is 0. The highest BCUT2D eigenvalue weighted by Crippen LogP contribution is 2.37. The molecule has 0 fully saturated rings. The molecule has 0 unspecified atom stereocenters. The lowest BCUT2D eigenvalue weighted by Gasteiger charge is -2.06. The van der Waals surface area contributed by atoms with Gasteiger partial charge in [-0.3, -0.25) is 4.18 Å². The van der Waals surface area contributed by atoms with Crippen LogP contribution >= 0.6 is 7.14 Å². The van der Waals surface area contributed by atoms with Crippen LogP contribution in [0.2, 0.25) is 0 Å². The molecule has 0 saturated carbocycles. The van der Waals surface area contributed by atoms with Crippen LogP contribution in [-0.2, 0) is 18.9 Å². The molecule has 0 amide bonds. The number of rotatable bonds is 4. The summed E-state index contributed by atoms with van der Waals surface area (Å²) in [7, 11) is -6.08. The lowest BCUT2D eigenvalue weighted by molar-refractivity contribution is 0.341. The van der Waals surface area contributed by atoms with Gasteiger partial charge in [-0.05, 0) is 20.3 Å². The quantitative estimate of drug-likeness (QED) is 0.500. The Morgan fingerprint density at radius 2 is 1.82 bits per heavy atom. The van der Waals surface area contributed by atoms with Crippen molar-refractivity contribution in [3.63, 3.8) is 0 Å². The van der Waals surface area contributed by atoms with Crippen LogP contribution in [0.3, 0.4) is 0 Å². The summed E-state index contributed by atoms with van der Waals surface area (Å²) in [5.41, 5.74) is -0.367. The molecular formula is C5H13O4PS. The van der Waals surface area contributed by atoms with Crippen molar-refractivity contribution in [3.8, 4) is 0 Å². The van der Waals surface area contributed by atoms with Gasteiger partial charge in [0.15, 0.2) is 0 Å². The highest BCUT2D eigenvalue weighted by atomic mass is 32.2. The molecule has 68 valence electrons. The van der Waals surface area contributed by atoms with Crippen molar-refractivity contribution >= 4 is 17.3 Å². The average molecular weight is 200 g/mol. The number of hydrogen-bond acceptors (Lipinski definition) is 4. The Kier molecular flexibility index (Phi) is 3.74. The normalized spacial score (nSPS) is 13.4. The van der Waals surface area contributed by atoms with E-state index in [2.05, 4.69) is 4.18 Å². The Morgan fingerprint density at radius 1 is 1.36 bits per heavy atom. The Bertz CT molecular complexity index is 250. The summed E-state index contributed by atoms with van der Waals surface area (Å²) < 4.78 is 37.2. The zero-order valence-corrected chi connectivity index (χ0v) is 8.61. The summed E-state index contributed by atoms with van der Waals surface area (Å²) in [5, 5.41) is 0. The molecule has 0 aliphatic rings. The molecule has 0 spiro atoms. The van der Waals surface area contributed by atoms with Gasteiger partial charge in [-0.1, -0.05) is 0 Å². The summed E-state index contributed by atoms with van der Waals surface area (Å²) in [5.74, 6) is 0. The molecule has 0 aromatic rings. The highest BCUT2D eigenvalue weighted by molar-refractivity contribution is 7.95. The van der Waals surface area contributed by atoms with Crippen LogP contribution in [0.25, 0.3) is 0 Å². The first kappa shape index (κ1) is 11.1. The van der Waals surface area contributed by atoms with Crippen LogP contribution in [0, 0.1) is 0 Å². The van der Waals surface area contributed by atoms with E-state index in [1.165, 1.54) is 13.3 Å². The molecule has 0 rings (SSSR count). The third kappa shape index (κ3) is 6.53. The molecule has 6 heteroatoms. The van der Waals surface area contributed by atoms with Gasteiger partial charge in [-0.25, -0.2) is 0 Å². The van der Waals surface area contributed by atoms with Crippen LogP contribution < -0.4 is 0 Å². The highest BCUT2D eigenvalue weighted by Gasteiger charge is 2.19. The van der Waals surface area contributed by atoms with Crippen molar-refractivity contribution in [3.05, 3.63) is 0 Å². The first-order valence-electron chi connectivity index (χ1n) is 3.18. The molecular weight excluding hydrogens is 187 g/mol. The minimum Gasteiger partial charge on any atom is -0.323 e. The van der Waals surface area contributed by atoms with Gasteiger partial charge >= 0.3 is 0 Å². The van der Waals surface area contributed by atoms with Crippen molar-refractivity contribution in [1.29, 1.82) is 0 Å². The van der Waals surface area contributed by atoms with Gasteiger partial charge < -0.3 is 4.57 Å². The van der Waals surface area contributed by atoms with Crippen LogP contribution in [0.5, 0.6) is 0 Å². The minimum atomic E-state index is -3.55. The van der Waals surface area contributed by atoms with Crippen molar-refractivity contribution < 1.29 is 17.2 Å². The SMILES string of the molecule is CCOS(=O)(=O)CP(C)(C)=O. The molecule has 0 aromatic carbocycles. The van der Waals surface area contributed by atoms with Gasteiger partial charge in [0.25, 0.3) is 10.1 Å². The monoisotopic (exact) mass is 200 g/mol. The minimum absolute atomic E-state index is 0.0995. The van der Waals surface area contributed by atoms with Crippen LogP contribution in [-0.4, -0.2) is 33.8 Å². The maximum absolute atomic E-state index is 11.0. The van der Waals surface area contributed by atoms with E-state index in [9.17, 15) is 13.0 Å². The average Bonchev–Trinajstić information content (AvgIpc) is 1.55. The second kappa shape index (κ2) is 3.70. The summed E-state index contributed by atoms with van der Waals surface area (Å²) in [6.07, 6.45) is 0. The Balaban J connectivity index is 4.27. The van der Waals surface area contributed by atoms with Crippen molar-refractivity contribution in [2.24, 2.45) is 0 Å². The van der Waals surface area contributed by atoms with E-state index in [0.717, 1.165) is 0 Å². The van der Waals surface area contributed by atoms with Crippen molar-refractivity contribution in [1.82, 2.24) is 0 Å². The second-order valence-electron chi connectivity index (χ2n) is 2.67. The standard InChI is InChI=1S/C5H13O4PS/c1-4-9-11(7,8)5-10(2,3)6/h4-5H2,1-3H3. The first-order chi connectivity index (χ1) is 4.77. The molecule has 0 N–H and O–H groups in total. The maximum atomic E-state index is 11.0. The van der Waals surface area contributed by atoms with Gasteiger partial charge in [0.1, 0.15) is 5.49 Å². The van der Waals surface area contributed by atoms with Crippen LogP contribution in [0.15, 0.2) is 0 Å². The summed E-state index contributed by atoms with van der Waals surface area (Å²) in [6.45, 7) is 4.52. The van der Waals surface area contributed by atoms with E-state index >= 15 is 0 Å².